The fraction of sp³-hybridized carbons (Fsp3) is 0.0909. The molecular formula is C11H9ClN2O2. The first-order valence-electron chi connectivity index (χ1n) is 4.65. The molecule has 0 unspecified atom stereocenters. The van der Waals surface area contributed by atoms with Gasteiger partial charge in [0.05, 0.1) is 0 Å². The van der Waals surface area contributed by atoms with Crippen LogP contribution < -0.4 is 4.74 Å². The molecule has 1 heterocycles. The SMILES string of the molecule is O=C(COc1ccc(Cl)cc1)n1ccnc1. The highest BCUT2D eigenvalue weighted by atomic mass is 35.5. The summed E-state index contributed by atoms with van der Waals surface area (Å²) in [6.45, 7) is -0.0298. The van der Waals surface area contributed by atoms with Crippen LogP contribution in [-0.2, 0) is 0 Å². The molecule has 0 spiro atoms. The van der Waals surface area contributed by atoms with Crippen LogP contribution in [0.15, 0.2) is 43.0 Å². The molecule has 0 amide bonds. The Kier molecular flexibility index (Phi) is 3.22. The van der Waals surface area contributed by atoms with E-state index in [2.05, 4.69) is 4.98 Å². The standard InChI is InChI=1S/C11H9ClN2O2/c12-9-1-3-10(4-2-9)16-7-11(15)14-6-5-13-8-14/h1-6,8H,7H2. The number of hydrogen-bond donors (Lipinski definition) is 0. The molecule has 4 nitrogen and oxygen atoms in total. The number of nitrogens with zero attached hydrogens (tertiary/aromatic N) is 2. The maximum Gasteiger partial charge on any atom is 0.269 e. The van der Waals surface area contributed by atoms with Gasteiger partial charge in [0.2, 0.25) is 0 Å². The molecule has 0 atom stereocenters. The van der Waals surface area contributed by atoms with Gasteiger partial charge in [-0.05, 0) is 24.3 Å². The first-order chi connectivity index (χ1) is 7.75. The van der Waals surface area contributed by atoms with Crippen molar-refractivity contribution in [3.05, 3.63) is 48.0 Å². The molecule has 0 aliphatic rings. The fourth-order valence-electron chi connectivity index (χ4n) is 1.16. The third-order valence-corrected chi connectivity index (χ3v) is 2.22. The van der Waals surface area contributed by atoms with Crippen molar-refractivity contribution in [1.82, 2.24) is 9.55 Å². The van der Waals surface area contributed by atoms with Crippen molar-refractivity contribution in [3.63, 3.8) is 0 Å². The highest BCUT2D eigenvalue weighted by Crippen LogP contribution is 2.15. The number of carbonyl (C=O) groups is 1. The van der Waals surface area contributed by atoms with Crippen LogP contribution >= 0.6 is 11.6 Å². The molecule has 0 radical (unpaired) electrons. The third kappa shape index (κ3) is 2.61. The Labute approximate surface area is 97.4 Å². The molecule has 0 saturated heterocycles. The second-order valence-corrected chi connectivity index (χ2v) is 3.54. The topological polar surface area (TPSA) is 44.1 Å². The van der Waals surface area contributed by atoms with Gasteiger partial charge in [0.25, 0.3) is 5.91 Å². The number of rotatable bonds is 3. The van der Waals surface area contributed by atoms with Gasteiger partial charge in [0.1, 0.15) is 12.1 Å². The van der Waals surface area contributed by atoms with Gasteiger partial charge in [-0.15, -0.1) is 0 Å². The van der Waals surface area contributed by atoms with Gasteiger partial charge in [-0.1, -0.05) is 11.6 Å². The molecule has 0 bridgehead atoms. The number of aromatic nitrogens is 2. The Morgan fingerprint density at radius 3 is 2.75 bits per heavy atom. The molecule has 0 aliphatic heterocycles. The zero-order chi connectivity index (χ0) is 11.4. The van der Waals surface area contributed by atoms with Gasteiger partial charge < -0.3 is 4.74 Å². The summed E-state index contributed by atoms with van der Waals surface area (Å²) in [5.41, 5.74) is 0. The van der Waals surface area contributed by atoms with E-state index in [9.17, 15) is 4.79 Å². The molecule has 82 valence electrons. The smallest absolute Gasteiger partial charge is 0.269 e. The largest absolute Gasteiger partial charge is 0.484 e. The van der Waals surface area contributed by atoms with Crippen LogP contribution in [0, 0.1) is 0 Å². The van der Waals surface area contributed by atoms with Crippen LogP contribution in [0.4, 0.5) is 0 Å². The molecule has 2 aromatic rings. The molecule has 5 heteroatoms. The zero-order valence-electron chi connectivity index (χ0n) is 8.34. The Bertz CT molecular complexity index is 465. The summed E-state index contributed by atoms with van der Waals surface area (Å²) in [4.78, 5) is 15.3. The van der Waals surface area contributed by atoms with Gasteiger partial charge in [0, 0.05) is 17.4 Å². The van der Waals surface area contributed by atoms with E-state index in [4.69, 9.17) is 16.3 Å². The molecule has 2 rings (SSSR count). The van der Waals surface area contributed by atoms with Crippen molar-refractivity contribution < 1.29 is 9.53 Å². The van der Waals surface area contributed by atoms with E-state index in [1.54, 1.807) is 36.7 Å². The van der Waals surface area contributed by atoms with Crippen molar-refractivity contribution in [2.45, 2.75) is 0 Å². The van der Waals surface area contributed by atoms with Gasteiger partial charge in [-0.2, -0.15) is 0 Å². The molecule has 16 heavy (non-hydrogen) atoms. The molecule has 0 saturated carbocycles. The van der Waals surface area contributed by atoms with Crippen LogP contribution in [0.1, 0.15) is 4.79 Å². The van der Waals surface area contributed by atoms with E-state index in [1.807, 2.05) is 0 Å². The van der Waals surface area contributed by atoms with Crippen molar-refractivity contribution >= 4 is 17.5 Å². The molecule has 1 aromatic heterocycles. The first-order valence-corrected chi connectivity index (χ1v) is 5.03. The summed E-state index contributed by atoms with van der Waals surface area (Å²) < 4.78 is 6.66. The maximum absolute atomic E-state index is 11.5. The number of imidazole rings is 1. The van der Waals surface area contributed by atoms with E-state index in [1.165, 1.54) is 10.9 Å². The quantitative estimate of drug-likeness (QED) is 0.821. The van der Waals surface area contributed by atoms with Gasteiger partial charge in [0.15, 0.2) is 6.61 Å². The average Bonchev–Trinajstić information content (AvgIpc) is 2.81. The Morgan fingerprint density at radius 2 is 2.12 bits per heavy atom. The van der Waals surface area contributed by atoms with Crippen molar-refractivity contribution in [2.75, 3.05) is 6.61 Å². The second kappa shape index (κ2) is 4.81. The summed E-state index contributed by atoms with van der Waals surface area (Å²) in [7, 11) is 0. The van der Waals surface area contributed by atoms with Gasteiger partial charge in [-0.25, -0.2) is 4.98 Å². The number of ether oxygens (including phenoxy) is 1. The molecule has 0 fully saturated rings. The molecule has 0 aliphatic carbocycles. The monoisotopic (exact) mass is 236 g/mol. The van der Waals surface area contributed by atoms with Crippen molar-refractivity contribution in [2.24, 2.45) is 0 Å². The Balaban J connectivity index is 1.93. The molecular weight excluding hydrogens is 228 g/mol. The van der Waals surface area contributed by atoms with Crippen LogP contribution in [-0.4, -0.2) is 22.1 Å². The second-order valence-electron chi connectivity index (χ2n) is 3.11. The highest BCUT2D eigenvalue weighted by molar-refractivity contribution is 6.30. The lowest BCUT2D eigenvalue weighted by molar-refractivity contribution is 0.0837. The van der Waals surface area contributed by atoms with E-state index in [0.29, 0.717) is 10.8 Å². The Hall–Kier alpha value is -1.81. The highest BCUT2D eigenvalue weighted by Gasteiger charge is 2.04. The number of carbonyl (C=O) groups excluding carboxylic acids is 1. The average molecular weight is 237 g/mol. The van der Waals surface area contributed by atoms with Crippen LogP contribution in [0.3, 0.4) is 0 Å². The van der Waals surface area contributed by atoms with Gasteiger partial charge in [-0.3, -0.25) is 9.36 Å². The minimum atomic E-state index is -0.174. The minimum Gasteiger partial charge on any atom is -0.484 e. The number of benzene rings is 1. The first kappa shape index (κ1) is 10.7. The van der Waals surface area contributed by atoms with E-state index < -0.39 is 0 Å². The lowest BCUT2D eigenvalue weighted by Crippen LogP contribution is -2.17. The normalized spacial score (nSPS) is 10.1. The fourth-order valence-corrected chi connectivity index (χ4v) is 1.28. The van der Waals surface area contributed by atoms with Crippen LogP contribution in [0.25, 0.3) is 0 Å². The minimum absolute atomic E-state index is 0.0298. The molecule has 1 aromatic carbocycles. The van der Waals surface area contributed by atoms with Crippen molar-refractivity contribution in [1.29, 1.82) is 0 Å². The van der Waals surface area contributed by atoms with Crippen LogP contribution in [0.5, 0.6) is 5.75 Å². The maximum atomic E-state index is 11.5. The Morgan fingerprint density at radius 1 is 1.38 bits per heavy atom. The summed E-state index contributed by atoms with van der Waals surface area (Å²) in [5.74, 6) is 0.435. The summed E-state index contributed by atoms with van der Waals surface area (Å²) in [5, 5.41) is 0.633. The number of hydrogen-bond acceptors (Lipinski definition) is 3. The summed E-state index contributed by atoms with van der Waals surface area (Å²) in [6.07, 6.45) is 4.56. The summed E-state index contributed by atoms with van der Waals surface area (Å²) >= 11 is 5.72. The number of halogens is 1. The van der Waals surface area contributed by atoms with Crippen molar-refractivity contribution in [3.8, 4) is 5.75 Å². The summed E-state index contributed by atoms with van der Waals surface area (Å²) in [6, 6.07) is 6.84. The lowest BCUT2D eigenvalue weighted by Gasteiger charge is -2.05. The van der Waals surface area contributed by atoms with E-state index >= 15 is 0 Å². The predicted octanol–water partition coefficient (Wildman–Crippen LogP) is 2.26. The third-order valence-electron chi connectivity index (χ3n) is 1.97. The lowest BCUT2D eigenvalue weighted by atomic mass is 10.3. The van der Waals surface area contributed by atoms with E-state index in [-0.39, 0.29) is 12.5 Å². The van der Waals surface area contributed by atoms with Crippen LogP contribution in [0.2, 0.25) is 5.02 Å². The van der Waals surface area contributed by atoms with E-state index in [0.717, 1.165) is 0 Å². The zero-order valence-corrected chi connectivity index (χ0v) is 9.09. The van der Waals surface area contributed by atoms with Gasteiger partial charge >= 0.3 is 0 Å². The predicted molar refractivity (Wildman–Crippen MR) is 59.8 cm³/mol. The molecule has 0 N–H and O–H groups in total.